The van der Waals surface area contributed by atoms with E-state index in [9.17, 15) is 14.7 Å². The molecule has 2 heterocycles. The maximum atomic E-state index is 12.6. The van der Waals surface area contributed by atoms with Crippen LogP contribution in [0.4, 0.5) is 11.5 Å². The molecule has 0 saturated carbocycles. The van der Waals surface area contributed by atoms with Gasteiger partial charge in [0.15, 0.2) is 0 Å². The highest BCUT2D eigenvalue weighted by Crippen LogP contribution is 2.32. The first kappa shape index (κ1) is 31.3. The topological polar surface area (TPSA) is 90.4 Å². The second kappa shape index (κ2) is 15.5. The van der Waals surface area contributed by atoms with E-state index in [1.54, 1.807) is 0 Å². The predicted octanol–water partition coefficient (Wildman–Crippen LogP) is 5.70. The lowest BCUT2D eigenvalue weighted by molar-refractivity contribution is 0.00747. The molecular weight excluding hydrogens is 476 g/mol. The molecular formula is C31H48N4O3. The average molecular weight is 525 g/mol. The summed E-state index contributed by atoms with van der Waals surface area (Å²) in [7, 11) is 0. The summed E-state index contributed by atoms with van der Waals surface area (Å²) in [5.41, 5.74) is 3.00. The fourth-order valence-electron chi connectivity index (χ4n) is 4.98. The zero-order valence-corrected chi connectivity index (χ0v) is 24.3. The second-order valence-corrected chi connectivity index (χ2v) is 9.77. The molecule has 1 aliphatic heterocycles. The molecule has 1 aromatic carbocycles. The highest BCUT2D eigenvalue weighted by atomic mass is 16.3. The van der Waals surface area contributed by atoms with Gasteiger partial charge >= 0.3 is 5.69 Å². The lowest BCUT2D eigenvalue weighted by atomic mass is 9.82. The maximum Gasteiger partial charge on any atom is 0.329 e. The number of hydrogen-bond donors (Lipinski definition) is 3. The molecule has 0 unspecified atom stereocenters. The third-order valence-corrected chi connectivity index (χ3v) is 7.34. The first-order valence-corrected chi connectivity index (χ1v) is 14.2. The molecule has 0 spiro atoms. The van der Waals surface area contributed by atoms with Gasteiger partial charge in [-0.3, -0.25) is 14.3 Å². The number of benzene rings is 1. The molecule has 3 N–H and O–H groups in total. The minimum atomic E-state index is -0.710. The normalized spacial score (nSPS) is 15.8. The number of aromatic amines is 1. The fourth-order valence-corrected chi connectivity index (χ4v) is 4.98. The van der Waals surface area contributed by atoms with Crippen molar-refractivity contribution in [2.24, 2.45) is 0 Å². The number of rotatable bonds is 11. The van der Waals surface area contributed by atoms with E-state index >= 15 is 0 Å². The Balaban J connectivity index is 0.00000247. The van der Waals surface area contributed by atoms with Gasteiger partial charge in [0.05, 0.1) is 5.60 Å². The van der Waals surface area contributed by atoms with Gasteiger partial charge in [0, 0.05) is 31.4 Å². The number of aromatic nitrogens is 2. The molecule has 1 fully saturated rings. The van der Waals surface area contributed by atoms with Crippen molar-refractivity contribution in [1.29, 1.82) is 0 Å². The number of nitrogens with zero attached hydrogens (tertiary/aromatic N) is 2. The molecule has 0 radical (unpaired) electrons. The minimum Gasteiger partial charge on any atom is -0.385 e. The van der Waals surface area contributed by atoms with Crippen LogP contribution in [-0.4, -0.2) is 44.8 Å². The van der Waals surface area contributed by atoms with Crippen molar-refractivity contribution in [3.8, 4) is 0 Å². The van der Waals surface area contributed by atoms with Crippen LogP contribution in [0.25, 0.3) is 0 Å². The number of aryl methyl sites for hydroxylation is 2. The smallest absolute Gasteiger partial charge is 0.329 e. The first-order valence-electron chi connectivity index (χ1n) is 14.2. The zero-order chi connectivity index (χ0) is 28.1. The van der Waals surface area contributed by atoms with Gasteiger partial charge in [0.2, 0.25) is 0 Å². The van der Waals surface area contributed by atoms with Gasteiger partial charge in [0.1, 0.15) is 5.82 Å². The highest BCUT2D eigenvalue weighted by molar-refractivity contribution is 5.57. The monoisotopic (exact) mass is 524 g/mol. The third-order valence-electron chi connectivity index (χ3n) is 7.34. The number of anilines is 2. The number of likely N-dealkylation sites (tertiary alicyclic amines) is 1. The minimum absolute atomic E-state index is 0.299. The fraction of sp³-hybridized carbons (Fsp3) is 0.548. The Morgan fingerprint density at radius 2 is 1.79 bits per heavy atom. The lowest BCUT2D eigenvalue weighted by Crippen LogP contribution is -2.45. The Kier molecular flexibility index (Phi) is 12.8. The Morgan fingerprint density at radius 1 is 1.11 bits per heavy atom. The van der Waals surface area contributed by atoms with Gasteiger partial charge in [-0.1, -0.05) is 45.1 Å². The SMILES string of the molecule is C/C=C\C/C(=C\C)C1(O)CCN(CCCCn2c(=O)cc(Nc3ccc(C)c(CC)c3)[nH]c2=O)CC1.CC. The number of H-pyrrole nitrogens is 1. The van der Waals surface area contributed by atoms with Crippen LogP contribution in [0.3, 0.4) is 0 Å². The molecule has 0 aliphatic carbocycles. The molecule has 38 heavy (non-hydrogen) atoms. The van der Waals surface area contributed by atoms with E-state index in [0.717, 1.165) is 69.4 Å². The van der Waals surface area contributed by atoms with Gasteiger partial charge in [-0.2, -0.15) is 0 Å². The van der Waals surface area contributed by atoms with Crippen LogP contribution in [0.5, 0.6) is 0 Å². The summed E-state index contributed by atoms with van der Waals surface area (Å²) in [5.74, 6) is 0.405. The molecule has 2 aromatic rings. The molecule has 0 amide bonds. The maximum absolute atomic E-state index is 12.6. The van der Waals surface area contributed by atoms with E-state index in [1.165, 1.54) is 21.8 Å². The second-order valence-electron chi connectivity index (χ2n) is 9.77. The zero-order valence-electron chi connectivity index (χ0n) is 24.3. The number of unbranched alkanes of at least 4 members (excludes halogenated alkanes) is 1. The Labute approximate surface area is 228 Å². The molecule has 7 nitrogen and oxygen atoms in total. The number of allylic oxidation sites excluding steroid dienone is 3. The van der Waals surface area contributed by atoms with Crippen molar-refractivity contribution in [3.05, 3.63) is 80.0 Å². The average Bonchev–Trinajstić information content (AvgIpc) is 2.91. The molecule has 0 atom stereocenters. The summed E-state index contributed by atoms with van der Waals surface area (Å²) in [6.07, 6.45) is 11.0. The lowest BCUT2D eigenvalue weighted by Gasteiger charge is -2.39. The number of nitrogens with one attached hydrogen (secondary N) is 2. The molecule has 0 bridgehead atoms. The Morgan fingerprint density at radius 3 is 2.39 bits per heavy atom. The largest absolute Gasteiger partial charge is 0.385 e. The number of hydrogen-bond acceptors (Lipinski definition) is 5. The van der Waals surface area contributed by atoms with Crippen LogP contribution in [0, 0.1) is 6.92 Å². The van der Waals surface area contributed by atoms with Gasteiger partial charge in [-0.15, -0.1) is 0 Å². The van der Waals surface area contributed by atoms with Gasteiger partial charge in [-0.05, 0) is 94.7 Å². The van der Waals surface area contributed by atoms with E-state index in [4.69, 9.17) is 0 Å². The first-order chi connectivity index (χ1) is 18.3. The van der Waals surface area contributed by atoms with Gasteiger partial charge < -0.3 is 15.3 Å². The standard InChI is InChI=1S/C29H42N4O3.C2H6/c1-5-8-11-24(7-3)29(36)14-18-32(19-15-29)16-9-10-17-33-27(34)21-26(31-28(33)35)30-25-13-12-22(4)23(6-2)20-25;1-2/h5,7-8,12-13,20-21,30,36H,6,9-11,14-19H2,1-4H3,(H,31,35);1-2H3/b8-5-,24-7+;. The predicted molar refractivity (Wildman–Crippen MR) is 160 cm³/mol. The molecule has 7 heteroatoms. The molecule has 1 aromatic heterocycles. The highest BCUT2D eigenvalue weighted by Gasteiger charge is 2.34. The van der Waals surface area contributed by atoms with Crippen LogP contribution in [0.2, 0.25) is 0 Å². The molecule has 1 saturated heterocycles. The van der Waals surface area contributed by atoms with Crippen molar-refractivity contribution >= 4 is 11.5 Å². The summed E-state index contributed by atoms with van der Waals surface area (Å²) < 4.78 is 1.27. The molecule has 3 rings (SSSR count). The quantitative estimate of drug-likeness (QED) is 0.259. The van der Waals surface area contributed by atoms with Crippen molar-refractivity contribution < 1.29 is 5.11 Å². The summed E-state index contributed by atoms with van der Waals surface area (Å²) in [4.78, 5) is 30.4. The van der Waals surface area contributed by atoms with Crippen molar-refractivity contribution in [1.82, 2.24) is 14.5 Å². The van der Waals surface area contributed by atoms with E-state index < -0.39 is 11.3 Å². The van der Waals surface area contributed by atoms with E-state index in [0.29, 0.717) is 12.4 Å². The molecule has 1 aliphatic rings. The van der Waals surface area contributed by atoms with E-state index in [-0.39, 0.29) is 5.56 Å². The van der Waals surface area contributed by atoms with Crippen LogP contribution in [-0.2, 0) is 13.0 Å². The van der Waals surface area contributed by atoms with Crippen molar-refractivity contribution in [2.45, 2.75) is 92.2 Å². The summed E-state index contributed by atoms with van der Waals surface area (Å²) >= 11 is 0. The van der Waals surface area contributed by atoms with Crippen LogP contribution < -0.4 is 16.6 Å². The summed E-state index contributed by atoms with van der Waals surface area (Å²) in [6, 6.07) is 7.47. The van der Waals surface area contributed by atoms with Crippen molar-refractivity contribution in [3.63, 3.8) is 0 Å². The van der Waals surface area contributed by atoms with Crippen LogP contribution in [0.1, 0.15) is 77.8 Å². The van der Waals surface area contributed by atoms with Gasteiger partial charge in [0.25, 0.3) is 5.56 Å². The third kappa shape index (κ3) is 8.57. The van der Waals surface area contributed by atoms with Gasteiger partial charge in [-0.25, -0.2) is 4.79 Å². The van der Waals surface area contributed by atoms with E-state index in [2.05, 4.69) is 41.2 Å². The van der Waals surface area contributed by atoms with Crippen LogP contribution in [0.15, 0.2) is 57.7 Å². The van der Waals surface area contributed by atoms with Crippen LogP contribution >= 0.6 is 0 Å². The summed E-state index contributed by atoms with van der Waals surface area (Å²) in [6.45, 7) is 15.2. The summed E-state index contributed by atoms with van der Waals surface area (Å²) in [5, 5.41) is 14.3. The van der Waals surface area contributed by atoms with Crippen molar-refractivity contribution in [2.75, 3.05) is 25.0 Å². The van der Waals surface area contributed by atoms with E-state index in [1.807, 2.05) is 52.0 Å². The number of piperidine rings is 1. The Bertz CT molecular complexity index is 1150. The number of aliphatic hydroxyl groups is 1. The molecule has 210 valence electrons. The Hall–Kier alpha value is -2.90.